The monoisotopic (exact) mass is 234 g/mol. The smallest absolute Gasteiger partial charge is 0.122 e. The highest BCUT2D eigenvalue weighted by molar-refractivity contribution is 5.61. The Morgan fingerprint density at radius 2 is 2.35 bits per heavy atom. The number of nitrogens with zero attached hydrogens (tertiary/aromatic N) is 1. The number of hydrogen-bond donors (Lipinski definition) is 1. The van der Waals surface area contributed by atoms with Crippen molar-refractivity contribution in [3.8, 4) is 0 Å². The van der Waals surface area contributed by atoms with E-state index in [1.807, 2.05) is 0 Å². The van der Waals surface area contributed by atoms with E-state index < -0.39 is 5.67 Å². The maximum absolute atomic E-state index is 13.8. The highest BCUT2D eigenvalue weighted by atomic mass is 19.1. The number of rotatable bonds is 2. The molecular weight excluding hydrogens is 215 g/mol. The summed E-state index contributed by atoms with van der Waals surface area (Å²) in [5.41, 5.74) is 3.02. The molecule has 1 N–H and O–H groups in total. The zero-order valence-electron chi connectivity index (χ0n) is 10.3. The van der Waals surface area contributed by atoms with Crippen molar-refractivity contribution >= 4 is 5.69 Å². The molecule has 1 aromatic carbocycles. The molecule has 3 heteroatoms. The van der Waals surface area contributed by atoms with Gasteiger partial charge in [-0.25, -0.2) is 4.39 Å². The summed E-state index contributed by atoms with van der Waals surface area (Å²) in [6, 6.07) is 6.46. The summed E-state index contributed by atoms with van der Waals surface area (Å²) in [4.78, 5) is 2.22. The van der Waals surface area contributed by atoms with Crippen LogP contribution in [0.4, 0.5) is 10.1 Å². The Kier molecular flexibility index (Phi) is 2.58. The molecule has 0 aromatic heterocycles. The van der Waals surface area contributed by atoms with Gasteiger partial charge in [-0.2, -0.15) is 0 Å². The third-order valence-corrected chi connectivity index (χ3v) is 3.83. The van der Waals surface area contributed by atoms with Gasteiger partial charge in [0.2, 0.25) is 0 Å². The molecule has 2 heterocycles. The summed E-state index contributed by atoms with van der Waals surface area (Å²) >= 11 is 0. The molecule has 1 unspecified atom stereocenters. The van der Waals surface area contributed by atoms with Crippen LogP contribution < -0.4 is 5.32 Å². The molecule has 2 aliphatic heterocycles. The molecule has 0 amide bonds. The highest BCUT2D eigenvalue weighted by Gasteiger charge is 2.33. The van der Waals surface area contributed by atoms with Crippen LogP contribution >= 0.6 is 0 Å². The van der Waals surface area contributed by atoms with E-state index >= 15 is 0 Å². The van der Waals surface area contributed by atoms with Gasteiger partial charge in [0, 0.05) is 31.9 Å². The molecule has 0 saturated carbocycles. The largest absolute Gasteiger partial charge is 0.384 e. The van der Waals surface area contributed by atoms with E-state index in [2.05, 4.69) is 28.4 Å². The van der Waals surface area contributed by atoms with Crippen LogP contribution in [0, 0.1) is 0 Å². The molecule has 1 fully saturated rings. The van der Waals surface area contributed by atoms with Gasteiger partial charge < -0.3 is 5.32 Å². The number of alkyl halides is 1. The first-order valence-electron chi connectivity index (χ1n) is 6.40. The van der Waals surface area contributed by atoms with Crippen LogP contribution in [-0.4, -0.2) is 30.2 Å². The molecule has 92 valence electrons. The zero-order valence-corrected chi connectivity index (χ0v) is 10.3. The van der Waals surface area contributed by atoms with Crippen molar-refractivity contribution in [2.75, 3.05) is 25.0 Å². The number of benzene rings is 1. The number of fused-ring (bicyclic) bond motifs is 1. The molecule has 1 aromatic rings. The van der Waals surface area contributed by atoms with Crippen LogP contribution in [0.3, 0.4) is 0 Å². The first-order chi connectivity index (χ1) is 8.14. The average molecular weight is 234 g/mol. The van der Waals surface area contributed by atoms with E-state index in [0.29, 0.717) is 13.0 Å². The standard InChI is InChI=1S/C14H19FN2/c1-14(15)6-8-17(10-14)9-12-4-2-3-11-5-7-16-13(11)12/h2-4,16H,5-10H2,1H3. The molecule has 0 spiro atoms. The van der Waals surface area contributed by atoms with Crippen molar-refractivity contribution in [3.63, 3.8) is 0 Å². The van der Waals surface area contributed by atoms with Gasteiger partial charge in [-0.05, 0) is 30.9 Å². The Hall–Kier alpha value is -1.09. The normalized spacial score (nSPS) is 28.1. The Labute approximate surface area is 102 Å². The number of likely N-dealkylation sites (tertiary alicyclic amines) is 1. The number of anilines is 1. The Morgan fingerprint density at radius 1 is 1.47 bits per heavy atom. The lowest BCUT2D eigenvalue weighted by atomic mass is 10.1. The molecule has 0 aliphatic carbocycles. The number of halogens is 1. The van der Waals surface area contributed by atoms with Crippen molar-refractivity contribution < 1.29 is 4.39 Å². The fraction of sp³-hybridized carbons (Fsp3) is 0.571. The number of hydrogen-bond acceptors (Lipinski definition) is 2. The zero-order chi connectivity index (χ0) is 11.9. The van der Waals surface area contributed by atoms with Gasteiger partial charge in [0.25, 0.3) is 0 Å². The molecule has 1 saturated heterocycles. The van der Waals surface area contributed by atoms with Crippen LogP contribution in [0.5, 0.6) is 0 Å². The van der Waals surface area contributed by atoms with Gasteiger partial charge in [0.1, 0.15) is 5.67 Å². The maximum atomic E-state index is 13.8. The molecule has 2 nitrogen and oxygen atoms in total. The molecule has 0 radical (unpaired) electrons. The molecule has 17 heavy (non-hydrogen) atoms. The molecule has 2 aliphatic rings. The van der Waals surface area contributed by atoms with Crippen molar-refractivity contribution in [3.05, 3.63) is 29.3 Å². The fourth-order valence-corrected chi connectivity index (χ4v) is 2.93. The van der Waals surface area contributed by atoms with E-state index in [4.69, 9.17) is 0 Å². The summed E-state index contributed by atoms with van der Waals surface area (Å²) in [5, 5.41) is 3.44. The van der Waals surface area contributed by atoms with E-state index in [-0.39, 0.29) is 0 Å². The second-order valence-corrected chi connectivity index (χ2v) is 5.50. The van der Waals surface area contributed by atoms with Crippen molar-refractivity contribution in [1.82, 2.24) is 4.90 Å². The third-order valence-electron chi connectivity index (χ3n) is 3.83. The van der Waals surface area contributed by atoms with Gasteiger partial charge in [-0.1, -0.05) is 18.2 Å². The van der Waals surface area contributed by atoms with E-state index in [1.54, 1.807) is 6.92 Å². The first-order valence-corrected chi connectivity index (χ1v) is 6.40. The Balaban J connectivity index is 1.76. The summed E-state index contributed by atoms with van der Waals surface area (Å²) in [5.74, 6) is 0. The summed E-state index contributed by atoms with van der Waals surface area (Å²) < 4.78 is 13.8. The Bertz CT molecular complexity index is 428. The van der Waals surface area contributed by atoms with Gasteiger partial charge in [-0.15, -0.1) is 0 Å². The van der Waals surface area contributed by atoms with Gasteiger partial charge in [-0.3, -0.25) is 4.90 Å². The quantitative estimate of drug-likeness (QED) is 0.846. The second-order valence-electron chi connectivity index (χ2n) is 5.50. The molecular formula is C14H19FN2. The summed E-state index contributed by atoms with van der Waals surface area (Å²) in [6.07, 6.45) is 1.78. The van der Waals surface area contributed by atoms with Gasteiger partial charge in [0.05, 0.1) is 0 Å². The predicted octanol–water partition coefficient (Wildman–Crippen LogP) is 2.59. The van der Waals surface area contributed by atoms with E-state index in [0.717, 1.165) is 26.1 Å². The number of para-hydroxylation sites is 1. The molecule has 1 atom stereocenters. The van der Waals surface area contributed by atoms with Crippen LogP contribution in [0.1, 0.15) is 24.5 Å². The van der Waals surface area contributed by atoms with Crippen LogP contribution in [-0.2, 0) is 13.0 Å². The first kappa shape index (κ1) is 11.0. The van der Waals surface area contributed by atoms with Gasteiger partial charge >= 0.3 is 0 Å². The minimum atomic E-state index is -0.995. The van der Waals surface area contributed by atoms with Crippen molar-refractivity contribution in [1.29, 1.82) is 0 Å². The van der Waals surface area contributed by atoms with E-state index in [9.17, 15) is 4.39 Å². The molecule has 3 rings (SSSR count). The minimum absolute atomic E-state index is 0.566. The lowest BCUT2D eigenvalue weighted by molar-refractivity contribution is 0.186. The lowest BCUT2D eigenvalue weighted by Crippen LogP contribution is -2.26. The van der Waals surface area contributed by atoms with Gasteiger partial charge in [0.15, 0.2) is 0 Å². The fourth-order valence-electron chi connectivity index (χ4n) is 2.93. The van der Waals surface area contributed by atoms with Crippen LogP contribution in [0.15, 0.2) is 18.2 Å². The minimum Gasteiger partial charge on any atom is -0.384 e. The second kappa shape index (κ2) is 3.98. The SMILES string of the molecule is CC1(F)CCN(Cc2cccc3c2NCC3)C1. The van der Waals surface area contributed by atoms with Crippen molar-refractivity contribution in [2.24, 2.45) is 0 Å². The van der Waals surface area contributed by atoms with Crippen LogP contribution in [0.25, 0.3) is 0 Å². The number of nitrogens with one attached hydrogen (secondary N) is 1. The van der Waals surface area contributed by atoms with E-state index in [1.165, 1.54) is 16.8 Å². The molecule has 0 bridgehead atoms. The average Bonchev–Trinajstić information content (AvgIpc) is 2.85. The highest BCUT2D eigenvalue weighted by Crippen LogP contribution is 2.30. The summed E-state index contributed by atoms with van der Waals surface area (Å²) in [7, 11) is 0. The maximum Gasteiger partial charge on any atom is 0.122 e. The van der Waals surface area contributed by atoms with Crippen molar-refractivity contribution in [2.45, 2.75) is 32.0 Å². The topological polar surface area (TPSA) is 15.3 Å². The summed E-state index contributed by atoms with van der Waals surface area (Å²) in [6.45, 7) is 5.05. The Morgan fingerprint density at radius 3 is 3.12 bits per heavy atom. The third kappa shape index (κ3) is 2.16. The van der Waals surface area contributed by atoms with Crippen LogP contribution in [0.2, 0.25) is 0 Å². The lowest BCUT2D eigenvalue weighted by Gasteiger charge is -2.19. The predicted molar refractivity (Wildman–Crippen MR) is 68.0 cm³/mol.